The van der Waals surface area contributed by atoms with E-state index in [-0.39, 0.29) is 11.7 Å². The first-order valence-corrected chi connectivity index (χ1v) is 7.83. The molecule has 2 N–H and O–H groups in total. The van der Waals surface area contributed by atoms with Gasteiger partial charge in [0.25, 0.3) is 0 Å². The summed E-state index contributed by atoms with van der Waals surface area (Å²) >= 11 is 0. The Balaban J connectivity index is 1.79. The smallest absolute Gasteiger partial charge is 0.307 e. The third-order valence-corrected chi connectivity index (χ3v) is 5.14. The monoisotopic (exact) mass is 305 g/mol. The molecule has 4 nitrogen and oxygen atoms in total. The molecule has 1 amide bonds. The van der Waals surface area contributed by atoms with Crippen molar-refractivity contribution < 1.29 is 19.1 Å². The minimum Gasteiger partial charge on any atom is -0.481 e. The predicted octanol–water partition coefficient (Wildman–Crippen LogP) is 2.82. The summed E-state index contributed by atoms with van der Waals surface area (Å²) in [4.78, 5) is 23.6. The van der Waals surface area contributed by atoms with Crippen LogP contribution in [0.25, 0.3) is 0 Å². The second kappa shape index (κ2) is 5.71. The molecule has 0 aromatic heterocycles. The van der Waals surface area contributed by atoms with Crippen molar-refractivity contribution >= 4 is 11.9 Å². The van der Waals surface area contributed by atoms with E-state index in [0.29, 0.717) is 12.8 Å². The van der Waals surface area contributed by atoms with Crippen LogP contribution in [-0.2, 0) is 15.1 Å². The Morgan fingerprint density at radius 2 is 1.68 bits per heavy atom. The van der Waals surface area contributed by atoms with Gasteiger partial charge in [0.05, 0.1) is 17.4 Å². The molecule has 2 saturated carbocycles. The number of nitrogens with one attached hydrogen (secondary N) is 1. The van der Waals surface area contributed by atoms with Crippen molar-refractivity contribution in [3.63, 3.8) is 0 Å². The van der Waals surface area contributed by atoms with Crippen molar-refractivity contribution in [2.24, 2.45) is 11.8 Å². The second-order valence-electron chi connectivity index (χ2n) is 6.41. The Labute approximate surface area is 128 Å². The molecular formula is C17H20FNO3. The molecular weight excluding hydrogens is 285 g/mol. The van der Waals surface area contributed by atoms with E-state index >= 15 is 0 Å². The molecule has 5 heteroatoms. The average molecular weight is 305 g/mol. The number of aliphatic carboxylic acids is 1. The number of halogens is 1. The lowest BCUT2D eigenvalue weighted by molar-refractivity contribution is -0.153. The number of benzene rings is 1. The zero-order valence-electron chi connectivity index (χ0n) is 12.3. The molecule has 0 heterocycles. The maximum Gasteiger partial charge on any atom is 0.307 e. The van der Waals surface area contributed by atoms with Crippen LogP contribution in [0.2, 0.25) is 0 Å². The van der Waals surface area contributed by atoms with E-state index in [0.717, 1.165) is 31.2 Å². The van der Waals surface area contributed by atoms with Crippen LogP contribution in [0.15, 0.2) is 24.3 Å². The first-order chi connectivity index (χ1) is 10.5. The van der Waals surface area contributed by atoms with Gasteiger partial charge in [-0.3, -0.25) is 9.59 Å². The number of carbonyl (C=O) groups is 2. The maximum atomic E-state index is 13.1. The molecule has 0 aliphatic heterocycles. The fraction of sp³-hybridized carbons (Fsp3) is 0.529. The minimum absolute atomic E-state index is 0.176. The summed E-state index contributed by atoms with van der Waals surface area (Å²) in [6.07, 6.45) is 4.83. The molecule has 22 heavy (non-hydrogen) atoms. The summed E-state index contributed by atoms with van der Waals surface area (Å²) in [5, 5.41) is 12.2. The predicted molar refractivity (Wildman–Crippen MR) is 78.5 cm³/mol. The van der Waals surface area contributed by atoms with Gasteiger partial charge in [-0.25, -0.2) is 4.39 Å². The molecule has 118 valence electrons. The average Bonchev–Trinajstić information content (AvgIpc) is 2.86. The molecule has 0 spiro atoms. The third kappa shape index (κ3) is 2.60. The van der Waals surface area contributed by atoms with Crippen molar-refractivity contribution in [2.45, 2.75) is 44.1 Å². The van der Waals surface area contributed by atoms with E-state index < -0.39 is 23.3 Å². The van der Waals surface area contributed by atoms with E-state index in [1.54, 1.807) is 12.1 Å². The van der Waals surface area contributed by atoms with Gasteiger partial charge in [-0.15, -0.1) is 0 Å². The summed E-state index contributed by atoms with van der Waals surface area (Å²) in [5.74, 6) is -2.37. The van der Waals surface area contributed by atoms with Gasteiger partial charge in [0.2, 0.25) is 5.91 Å². The zero-order valence-corrected chi connectivity index (χ0v) is 12.3. The lowest BCUT2D eigenvalue weighted by atomic mass is 9.72. The van der Waals surface area contributed by atoms with Crippen molar-refractivity contribution in [2.75, 3.05) is 0 Å². The van der Waals surface area contributed by atoms with Crippen LogP contribution in [0.1, 0.15) is 44.1 Å². The summed E-state index contributed by atoms with van der Waals surface area (Å²) in [6, 6.07) is 6.25. The van der Waals surface area contributed by atoms with Crippen LogP contribution in [0.4, 0.5) is 4.39 Å². The molecule has 0 radical (unpaired) electrons. The highest BCUT2D eigenvalue weighted by Gasteiger charge is 2.45. The van der Waals surface area contributed by atoms with Gasteiger partial charge in [-0.2, -0.15) is 0 Å². The Morgan fingerprint density at radius 1 is 1.09 bits per heavy atom. The van der Waals surface area contributed by atoms with E-state index in [9.17, 15) is 14.0 Å². The second-order valence-corrected chi connectivity index (χ2v) is 6.41. The number of carboxylic acids is 1. The van der Waals surface area contributed by atoms with Crippen LogP contribution in [0.5, 0.6) is 0 Å². The first-order valence-electron chi connectivity index (χ1n) is 7.83. The molecule has 1 aromatic rings. The molecule has 2 aliphatic rings. The van der Waals surface area contributed by atoms with E-state index in [1.165, 1.54) is 12.1 Å². The highest BCUT2D eigenvalue weighted by molar-refractivity contribution is 5.86. The van der Waals surface area contributed by atoms with Gasteiger partial charge in [-0.05, 0) is 43.4 Å². The summed E-state index contributed by atoms with van der Waals surface area (Å²) in [6.45, 7) is 0. The normalized spacial score (nSPS) is 26.2. The fourth-order valence-corrected chi connectivity index (χ4v) is 3.67. The largest absolute Gasteiger partial charge is 0.481 e. The van der Waals surface area contributed by atoms with Gasteiger partial charge in [0, 0.05) is 0 Å². The van der Waals surface area contributed by atoms with Crippen molar-refractivity contribution in [3.8, 4) is 0 Å². The highest BCUT2D eigenvalue weighted by atomic mass is 19.1. The van der Waals surface area contributed by atoms with Crippen LogP contribution < -0.4 is 5.32 Å². The van der Waals surface area contributed by atoms with E-state index in [2.05, 4.69) is 5.32 Å². The van der Waals surface area contributed by atoms with Crippen molar-refractivity contribution in [3.05, 3.63) is 35.6 Å². The van der Waals surface area contributed by atoms with Gasteiger partial charge < -0.3 is 10.4 Å². The van der Waals surface area contributed by atoms with Crippen molar-refractivity contribution in [1.29, 1.82) is 0 Å². The number of carboxylic acid groups (broad SMARTS) is 1. The molecule has 0 bridgehead atoms. The molecule has 2 aliphatic carbocycles. The SMILES string of the molecule is O=C(O)C1CCC1C(=O)NC1(c2ccc(F)cc2)CCCC1. The topological polar surface area (TPSA) is 66.4 Å². The zero-order chi connectivity index (χ0) is 15.7. The molecule has 3 rings (SSSR count). The Bertz CT molecular complexity index is 578. The molecule has 2 fully saturated rings. The summed E-state index contributed by atoms with van der Waals surface area (Å²) in [5.41, 5.74) is 0.439. The Morgan fingerprint density at radius 3 is 2.18 bits per heavy atom. The lowest BCUT2D eigenvalue weighted by Crippen LogP contribution is -2.51. The molecule has 0 saturated heterocycles. The van der Waals surface area contributed by atoms with Crippen LogP contribution in [-0.4, -0.2) is 17.0 Å². The lowest BCUT2D eigenvalue weighted by Gasteiger charge is -2.37. The van der Waals surface area contributed by atoms with Gasteiger partial charge in [0.1, 0.15) is 5.82 Å². The Kier molecular flexibility index (Phi) is 3.89. The van der Waals surface area contributed by atoms with Crippen molar-refractivity contribution in [1.82, 2.24) is 5.32 Å². The number of rotatable bonds is 4. The first kappa shape index (κ1) is 15.0. The third-order valence-electron chi connectivity index (χ3n) is 5.14. The summed E-state index contributed by atoms with van der Waals surface area (Å²) in [7, 11) is 0. The molecule has 2 unspecified atom stereocenters. The highest BCUT2D eigenvalue weighted by Crippen LogP contribution is 2.41. The Hall–Kier alpha value is -1.91. The fourth-order valence-electron chi connectivity index (χ4n) is 3.67. The molecule has 1 aromatic carbocycles. The number of hydrogen-bond donors (Lipinski definition) is 2. The number of amides is 1. The van der Waals surface area contributed by atoms with Crippen LogP contribution in [0, 0.1) is 17.7 Å². The molecule has 2 atom stereocenters. The van der Waals surface area contributed by atoms with E-state index in [4.69, 9.17) is 5.11 Å². The van der Waals surface area contributed by atoms with Gasteiger partial charge >= 0.3 is 5.97 Å². The van der Waals surface area contributed by atoms with Crippen LogP contribution >= 0.6 is 0 Å². The minimum atomic E-state index is -0.895. The van der Waals surface area contributed by atoms with Gasteiger partial charge in [-0.1, -0.05) is 25.0 Å². The number of carbonyl (C=O) groups excluding carboxylic acids is 1. The maximum absolute atomic E-state index is 13.1. The quantitative estimate of drug-likeness (QED) is 0.899. The summed E-state index contributed by atoms with van der Waals surface area (Å²) < 4.78 is 13.1. The number of hydrogen-bond acceptors (Lipinski definition) is 2. The standard InChI is InChI=1S/C17H20FNO3/c18-12-5-3-11(4-6-12)17(9-1-2-10-17)19-15(20)13-7-8-14(13)16(21)22/h3-6,13-14H,1-2,7-10H2,(H,19,20)(H,21,22). The van der Waals surface area contributed by atoms with Crippen LogP contribution in [0.3, 0.4) is 0 Å². The van der Waals surface area contributed by atoms with Gasteiger partial charge in [0.15, 0.2) is 0 Å². The van der Waals surface area contributed by atoms with E-state index in [1.807, 2.05) is 0 Å².